The van der Waals surface area contributed by atoms with E-state index in [9.17, 15) is 0 Å². The molecule has 0 atom stereocenters. The third-order valence-electron chi connectivity index (χ3n) is 2.89. The number of rotatable bonds is 7. The summed E-state index contributed by atoms with van der Waals surface area (Å²) in [5.74, 6) is 1.07. The Labute approximate surface area is 130 Å². The topological polar surface area (TPSA) is 89.8 Å². The van der Waals surface area contributed by atoms with Crippen molar-refractivity contribution in [2.45, 2.75) is 6.42 Å². The van der Waals surface area contributed by atoms with Gasteiger partial charge < -0.3 is 15.5 Å². The molecule has 2 rings (SSSR count). The second-order valence-corrected chi connectivity index (χ2v) is 5.07. The first-order valence-corrected chi connectivity index (χ1v) is 7.03. The maximum Gasteiger partial charge on any atom is 0.249 e. The minimum absolute atomic E-state index is 0.396. The van der Waals surface area contributed by atoms with Crippen molar-refractivity contribution in [1.29, 1.82) is 5.26 Å². The number of nitrogens with one attached hydrogen (secondary N) is 2. The molecule has 2 N–H and O–H groups in total. The summed E-state index contributed by atoms with van der Waals surface area (Å²) in [5, 5.41) is 23.0. The van der Waals surface area contributed by atoms with Gasteiger partial charge in [-0.1, -0.05) is 6.07 Å². The first-order valence-electron chi connectivity index (χ1n) is 7.03. The Morgan fingerprint density at radius 2 is 2.18 bits per heavy atom. The Hall–Kier alpha value is -2.72. The highest BCUT2D eigenvalue weighted by atomic mass is 15.3. The number of nitrogens with zero attached hydrogens (tertiary/aromatic N) is 5. The van der Waals surface area contributed by atoms with Crippen molar-refractivity contribution in [3.63, 3.8) is 0 Å². The van der Waals surface area contributed by atoms with Crippen LogP contribution < -0.4 is 10.6 Å². The Morgan fingerprint density at radius 3 is 2.95 bits per heavy atom. The van der Waals surface area contributed by atoms with Crippen LogP contribution in [0.25, 0.3) is 0 Å². The fraction of sp³-hybridized carbons (Fsp3) is 0.333. The molecule has 7 heteroatoms. The van der Waals surface area contributed by atoms with Crippen molar-refractivity contribution in [2.24, 2.45) is 0 Å². The minimum Gasteiger partial charge on any atom is -0.369 e. The summed E-state index contributed by atoms with van der Waals surface area (Å²) in [4.78, 5) is 6.48. The molecule has 7 nitrogen and oxygen atoms in total. The monoisotopic (exact) mass is 297 g/mol. The quantitative estimate of drug-likeness (QED) is 0.754. The molecule has 0 aliphatic heterocycles. The summed E-state index contributed by atoms with van der Waals surface area (Å²) in [6, 6.07) is 9.23. The first kappa shape index (κ1) is 15.7. The maximum atomic E-state index is 8.90. The summed E-state index contributed by atoms with van der Waals surface area (Å²) in [6.45, 7) is 1.83. The average Bonchev–Trinajstić information content (AvgIpc) is 2.52. The number of hydrogen-bond donors (Lipinski definition) is 2. The van der Waals surface area contributed by atoms with Gasteiger partial charge in [-0.25, -0.2) is 0 Å². The molecule has 0 amide bonds. The summed E-state index contributed by atoms with van der Waals surface area (Å²) in [7, 11) is 4.09. The van der Waals surface area contributed by atoms with Gasteiger partial charge in [0, 0.05) is 12.2 Å². The summed E-state index contributed by atoms with van der Waals surface area (Å²) < 4.78 is 0. The highest BCUT2D eigenvalue weighted by Gasteiger charge is 2.02. The lowest BCUT2D eigenvalue weighted by molar-refractivity contribution is 0.405. The van der Waals surface area contributed by atoms with E-state index in [0.29, 0.717) is 17.3 Å². The van der Waals surface area contributed by atoms with Crippen LogP contribution in [0.2, 0.25) is 0 Å². The second-order valence-electron chi connectivity index (χ2n) is 5.07. The molecule has 0 saturated carbocycles. The van der Waals surface area contributed by atoms with Gasteiger partial charge in [0.1, 0.15) is 0 Å². The Morgan fingerprint density at radius 1 is 1.32 bits per heavy atom. The van der Waals surface area contributed by atoms with Gasteiger partial charge in [0.25, 0.3) is 0 Å². The van der Waals surface area contributed by atoms with Gasteiger partial charge in [-0.3, -0.25) is 0 Å². The van der Waals surface area contributed by atoms with Gasteiger partial charge >= 0.3 is 0 Å². The van der Waals surface area contributed by atoms with E-state index in [4.69, 9.17) is 5.26 Å². The molecule has 2 aromatic rings. The van der Waals surface area contributed by atoms with Crippen LogP contribution in [0.5, 0.6) is 0 Å². The zero-order chi connectivity index (χ0) is 15.8. The van der Waals surface area contributed by atoms with Crippen molar-refractivity contribution < 1.29 is 0 Å². The molecule has 0 saturated heterocycles. The summed E-state index contributed by atoms with van der Waals surface area (Å²) >= 11 is 0. The third-order valence-corrected chi connectivity index (χ3v) is 2.89. The van der Waals surface area contributed by atoms with Crippen LogP contribution in [0.4, 0.5) is 17.5 Å². The zero-order valence-corrected chi connectivity index (χ0v) is 12.7. The normalized spacial score (nSPS) is 10.3. The fourth-order valence-electron chi connectivity index (χ4n) is 1.85. The predicted octanol–water partition coefficient (Wildman–Crippen LogP) is 1.85. The van der Waals surface area contributed by atoms with Gasteiger partial charge in [0.05, 0.1) is 17.8 Å². The van der Waals surface area contributed by atoms with Crippen LogP contribution in [0, 0.1) is 11.3 Å². The van der Waals surface area contributed by atoms with E-state index < -0.39 is 0 Å². The largest absolute Gasteiger partial charge is 0.369 e. The van der Waals surface area contributed by atoms with E-state index in [1.54, 1.807) is 24.4 Å². The summed E-state index contributed by atoms with van der Waals surface area (Å²) in [6.07, 6.45) is 2.61. The molecule has 114 valence electrons. The van der Waals surface area contributed by atoms with Gasteiger partial charge in [-0.05, 0) is 45.3 Å². The van der Waals surface area contributed by atoms with E-state index in [-0.39, 0.29) is 0 Å². The molecule has 0 unspecified atom stereocenters. The van der Waals surface area contributed by atoms with E-state index in [0.717, 1.165) is 25.2 Å². The van der Waals surface area contributed by atoms with Gasteiger partial charge in [0.2, 0.25) is 5.95 Å². The van der Waals surface area contributed by atoms with Crippen molar-refractivity contribution in [1.82, 2.24) is 20.1 Å². The molecule has 1 heterocycles. The molecule has 22 heavy (non-hydrogen) atoms. The lowest BCUT2D eigenvalue weighted by Gasteiger charge is -2.10. The standard InChI is InChI=1S/C15H19N7/c1-22(2)8-4-7-17-14-11-18-21-15(20-14)19-13-6-3-5-12(9-13)10-16/h3,5-6,9,11H,4,7-8H2,1-2H3,(H2,17,19,20,21). The maximum absolute atomic E-state index is 8.90. The van der Waals surface area contributed by atoms with Gasteiger partial charge in [0.15, 0.2) is 5.82 Å². The van der Waals surface area contributed by atoms with Crippen LogP contribution in [-0.2, 0) is 0 Å². The molecule has 0 aliphatic carbocycles. The molecular formula is C15H19N7. The van der Waals surface area contributed by atoms with Crippen LogP contribution in [0.15, 0.2) is 30.5 Å². The van der Waals surface area contributed by atoms with E-state index >= 15 is 0 Å². The van der Waals surface area contributed by atoms with Crippen molar-refractivity contribution >= 4 is 17.5 Å². The van der Waals surface area contributed by atoms with Crippen LogP contribution >= 0.6 is 0 Å². The Bertz CT molecular complexity index is 648. The zero-order valence-electron chi connectivity index (χ0n) is 12.7. The van der Waals surface area contributed by atoms with Crippen LogP contribution in [0.3, 0.4) is 0 Å². The minimum atomic E-state index is 0.396. The predicted molar refractivity (Wildman–Crippen MR) is 85.9 cm³/mol. The number of nitriles is 1. The van der Waals surface area contributed by atoms with Crippen LogP contribution in [0.1, 0.15) is 12.0 Å². The van der Waals surface area contributed by atoms with Gasteiger partial charge in [-0.15, -0.1) is 5.10 Å². The van der Waals surface area contributed by atoms with Crippen molar-refractivity contribution in [3.8, 4) is 6.07 Å². The molecule has 0 radical (unpaired) electrons. The highest BCUT2D eigenvalue weighted by Crippen LogP contribution is 2.14. The van der Waals surface area contributed by atoms with E-state index in [1.165, 1.54) is 0 Å². The lowest BCUT2D eigenvalue weighted by atomic mass is 10.2. The molecular weight excluding hydrogens is 278 g/mol. The molecule has 0 aliphatic rings. The number of aromatic nitrogens is 3. The first-order chi connectivity index (χ1) is 10.7. The van der Waals surface area contributed by atoms with Crippen molar-refractivity contribution in [2.75, 3.05) is 37.8 Å². The SMILES string of the molecule is CN(C)CCCNc1cnnc(Nc2cccc(C#N)c2)n1. The number of hydrogen-bond acceptors (Lipinski definition) is 7. The molecule has 1 aromatic heterocycles. The Balaban J connectivity index is 1.94. The molecule has 1 aromatic carbocycles. The third kappa shape index (κ3) is 5.00. The smallest absolute Gasteiger partial charge is 0.249 e. The number of anilines is 3. The second kappa shape index (κ2) is 7.90. The fourth-order valence-corrected chi connectivity index (χ4v) is 1.85. The van der Waals surface area contributed by atoms with Crippen molar-refractivity contribution in [3.05, 3.63) is 36.0 Å². The number of benzene rings is 1. The Kier molecular flexibility index (Phi) is 5.63. The average molecular weight is 297 g/mol. The van der Waals surface area contributed by atoms with Gasteiger partial charge in [-0.2, -0.15) is 15.3 Å². The van der Waals surface area contributed by atoms with Crippen LogP contribution in [-0.4, -0.2) is 47.3 Å². The summed E-state index contributed by atoms with van der Waals surface area (Å²) in [5.41, 5.74) is 1.33. The van der Waals surface area contributed by atoms with E-state index in [1.807, 2.05) is 20.2 Å². The highest BCUT2D eigenvalue weighted by molar-refractivity contribution is 5.56. The molecule has 0 fully saturated rings. The molecule has 0 spiro atoms. The lowest BCUT2D eigenvalue weighted by Crippen LogP contribution is -2.17. The molecule has 0 bridgehead atoms. The van der Waals surface area contributed by atoms with E-state index in [2.05, 4.69) is 36.8 Å².